The quantitative estimate of drug-likeness (QED) is 0.817. The number of ether oxygens (including phenoxy) is 2. The number of nitrogens with zero attached hydrogens (tertiary/aromatic N) is 1. The zero-order chi connectivity index (χ0) is 15.6. The van der Waals surface area contributed by atoms with Crippen LogP contribution in [0.3, 0.4) is 0 Å². The Hall–Kier alpha value is -2.57. The van der Waals surface area contributed by atoms with Gasteiger partial charge in [-0.1, -0.05) is 6.92 Å². The number of aldehydes is 1. The van der Waals surface area contributed by atoms with Crippen molar-refractivity contribution in [3.63, 3.8) is 0 Å². The summed E-state index contributed by atoms with van der Waals surface area (Å²) in [5.41, 5.74) is 0.510. The molecule has 0 spiro atoms. The summed E-state index contributed by atoms with van der Waals surface area (Å²) in [7, 11) is 1.41. The summed E-state index contributed by atoms with van der Waals surface area (Å²) in [4.78, 5) is 35.6. The van der Waals surface area contributed by atoms with Crippen LogP contribution in [-0.4, -0.2) is 43.0 Å². The Labute approximate surface area is 121 Å². The lowest BCUT2D eigenvalue weighted by Gasteiger charge is -2.34. The number of anilines is 1. The molecule has 1 atom stereocenters. The highest BCUT2D eigenvalue weighted by Gasteiger charge is 2.36. The van der Waals surface area contributed by atoms with Gasteiger partial charge in [-0.15, -0.1) is 0 Å². The first-order chi connectivity index (χ1) is 10.0. The molecule has 1 aromatic carbocycles. The summed E-state index contributed by atoms with van der Waals surface area (Å²) in [6.45, 7) is 1.40. The smallest absolute Gasteiger partial charge is 0.326 e. The van der Waals surface area contributed by atoms with E-state index in [2.05, 4.69) is 0 Å². The molecule has 21 heavy (non-hydrogen) atoms. The number of hydrogen-bond acceptors (Lipinski definition) is 5. The number of aliphatic carboxylic acids is 1. The second kappa shape index (κ2) is 5.82. The minimum atomic E-state index is -1.12. The standard InChI is InChI=1S/C14H15NO6/c1-3-9(14(18)19)15-10-4-8(6-16)5-11(20-2)13(10)21-7-12(15)17/h4-6,9H,3,7H2,1-2H3,(H,18,19). The molecule has 1 N–H and O–H groups in total. The van der Waals surface area contributed by atoms with E-state index >= 15 is 0 Å². The molecule has 0 aliphatic carbocycles. The van der Waals surface area contributed by atoms with E-state index in [4.69, 9.17) is 9.47 Å². The van der Waals surface area contributed by atoms with Gasteiger partial charge >= 0.3 is 5.97 Å². The van der Waals surface area contributed by atoms with E-state index in [9.17, 15) is 19.5 Å². The summed E-state index contributed by atoms with van der Waals surface area (Å²) in [5.74, 6) is -1.04. The van der Waals surface area contributed by atoms with E-state index in [1.165, 1.54) is 19.2 Å². The Balaban J connectivity index is 2.63. The van der Waals surface area contributed by atoms with Gasteiger partial charge in [0.2, 0.25) is 0 Å². The van der Waals surface area contributed by atoms with Crippen molar-refractivity contribution in [1.29, 1.82) is 0 Å². The third-order valence-electron chi connectivity index (χ3n) is 3.27. The first-order valence-electron chi connectivity index (χ1n) is 6.38. The Morgan fingerprint density at radius 1 is 1.57 bits per heavy atom. The molecule has 1 heterocycles. The molecule has 1 unspecified atom stereocenters. The number of methoxy groups -OCH3 is 1. The Morgan fingerprint density at radius 3 is 2.81 bits per heavy atom. The highest BCUT2D eigenvalue weighted by atomic mass is 16.5. The van der Waals surface area contributed by atoms with Crippen molar-refractivity contribution in [1.82, 2.24) is 0 Å². The molecule has 0 fully saturated rings. The van der Waals surface area contributed by atoms with E-state index in [1.807, 2.05) is 0 Å². The van der Waals surface area contributed by atoms with Gasteiger partial charge in [0.1, 0.15) is 12.3 Å². The van der Waals surface area contributed by atoms with Crippen molar-refractivity contribution in [2.45, 2.75) is 19.4 Å². The number of rotatable bonds is 5. The molecule has 0 saturated carbocycles. The minimum Gasteiger partial charge on any atom is -0.493 e. The van der Waals surface area contributed by atoms with Gasteiger partial charge in [-0.3, -0.25) is 14.5 Å². The lowest BCUT2D eigenvalue weighted by Crippen LogP contribution is -2.49. The third kappa shape index (κ3) is 2.54. The van der Waals surface area contributed by atoms with Gasteiger partial charge in [0.15, 0.2) is 18.1 Å². The maximum atomic E-state index is 12.1. The molecule has 0 saturated heterocycles. The topological polar surface area (TPSA) is 93.1 Å². The number of carboxylic acids is 1. The number of carbonyl (C=O) groups is 3. The normalized spacial score (nSPS) is 15.0. The minimum absolute atomic E-state index is 0.230. The first kappa shape index (κ1) is 14.8. The van der Waals surface area contributed by atoms with Crippen molar-refractivity contribution in [3.05, 3.63) is 17.7 Å². The zero-order valence-corrected chi connectivity index (χ0v) is 11.7. The van der Waals surface area contributed by atoms with E-state index in [0.717, 1.165) is 4.90 Å². The van der Waals surface area contributed by atoms with Crippen molar-refractivity contribution in [3.8, 4) is 11.5 Å². The van der Waals surface area contributed by atoms with Crippen LogP contribution in [0.4, 0.5) is 5.69 Å². The van der Waals surface area contributed by atoms with Crippen LogP contribution in [0.15, 0.2) is 12.1 Å². The van der Waals surface area contributed by atoms with E-state index in [0.29, 0.717) is 6.29 Å². The van der Waals surface area contributed by atoms with Gasteiger partial charge in [-0.05, 0) is 18.6 Å². The van der Waals surface area contributed by atoms with Crippen LogP contribution < -0.4 is 14.4 Å². The highest BCUT2D eigenvalue weighted by molar-refractivity contribution is 6.04. The summed E-state index contributed by atoms with van der Waals surface area (Å²) < 4.78 is 10.5. The molecule has 7 nitrogen and oxygen atoms in total. The molecule has 1 aromatic rings. The molecule has 0 aromatic heterocycles. The molecule has 0 bridgehead atoms. The van der Waals surface area contributed by atoms with Crippen LogP contribution in [0, 0.1) is 0 Å². The van der Waals surface area contributed by atoms with Gasteiger partial charge in [0.05, 0.1) is 12.8 Å². The molecule has 2 rings (SSSR count). The van der Waals surface area contributed by atoms with Crippen LogP contribution in [-0.2, 0) is 9.59 Å². The monoisotopic (exact) mass is 293 g/mol. The lowest BCUT2D eigenvalue weighted by atomic mass is 10.1. The van der Waals surface area contributed by atoms with Crippen LogP contribution in [0.5, 0.6) is 11.5 Å². The summed E-state index contributed by atoms with van der Waals surface area (Å²) in [6, 6.07) is 1.88. The summed E-state index contributed by atoms with van der Waals surface area (Å²) in [6.07, 6.45) is 0.829. The van der Waals surface area contributed by atoms with Crippen LogP contribution >= 0.6 is 0 Å². The van der Waals surface area contributed by atoms with E-state index in [-0.39, 0.29) is 35.8 Å². The van der Waals surface area contributed by atoms with Crippen molar-refractivity contribution >= 4 is 23.9 Å². The number of carboxylic acid groups (broad SMARTS) is 1. The van der Waals surface area contributed by atoms with Gasteiger partial charge in [0, 0.05) is 5.56 Å². The van der Waals surface area contributed by atoms with Gasteiger partial charge in [0.25, 0.3) is 5.91 Å². The van der Waals surface area contributed by atoms with E-state index in [1.54, 1.807) is 6.92 Å². The lowest BCUT2D eigenvalue weighted by molar-refractivity contribution is -0.140. The van der Waals surface area contributed by atoms with E-state index < -0.39 is 17.9 Å². The number of carbonyl (C=O) groups excluding carboxylic acids is 2. The molecule has 7 heteroatoms. The highest BCUT2D eigenvalue weighted by Crippen LogP contribution is 2.42. The predicted octanol–water partition coefficient (Wildman–Crippen LogP) is 1.10. The second-order valence-corrected chi connectivity index (χ2v) is 4.50. The van der Waals surface area contributed by atoms with Crippen LogP contribution in [0.25, 0.3) is 0 Å². The zero-order valence-electron chi connectivity index (χ0n) is 11.7. The fraction of sp³-hybridized carbons (Fsp3) is 0.357. The number of amides is 1. The number of hydrogen-bond donors (Lipinski definition) is 1. The average molecular weight is 293 g/mol. The molecule has 1 aliphatic rings. The number of fused-ring (bicyclic) bond motifs is 1. The fourth-order valence-electron chi connectivity index (χ4n) is 2.30. The van der Waals surface area contributed by atoms with Crippen molar-refractivity contribution < 1.29 is 29.0 Å². The Morgan fingerprint density at radius 2 is 2.29 bits per heavy atom. The summed E-state index contributed by atoms with van der Waals surface area (Å²) >= 11 is 0. The first-order valence-corrected chi connectivity index (χ1v) is 6.38. The predicted molar refractivity (Wildman–Crippen MR) is 73.1 cm³/mol. The fourth-order valence-corrected chi connectivity index (χ4v) is 2.30. The average Bonchev–Trinajstić information content (AvgIpc) is 2.48. The van der Waals surface area contributed by atoms with Crippen molar-refractivity contribution in [2.24, 2.45) is 0 Å². The molecular formula is C14H15NO6. The number of benzene rings is 1. The molecule has 112 valence electrons. The van der Waals surface area contributed by atoms with Gasteiger partial charge < -0.3 is 14.6 Å². The molecule has 1 aliphatic heterocycles. The van der Waals surface area contributed by atoms with Crippen molar-refractivity contribution in [2.75, 3.05) is 18.6 Å². The largest absolute Gasteiger partial charge is 0.493 e. The maximum absolute atomic E-state index is 12.1. The third-order valence-corrected chi connectivity index (χ3v) is 3.27. The molecule has 1 amide bonds. The van der Waals surface area contributed by atoms with Crippen LogP contribution in [0.2, 0.25) is 0 Å². The summed E-state index contributed by atoms with van der Waals surface area (Å²) in [5, 5.41) is 9.29. The Kier molecular flexibility index (Phi) is 4.11. The Bertz CT molecular complexity index is 597. The van der Waals surface area contributed by atoms with Crippen LogP contribution in [0.1, 0.15) is 23.7 Å². The van der Waals surface area contributed by atoms with Gasteiger partial charge in [-0.2, -0.15) is 0 Å². The molecule has 0 radical (unpaired) electrons. The SMILES string of the molecule is CCC(C(=O)O)N1C(=O)COc2c(OC)cc(C=O)cc21. The second-order valence-electron chi connectivity index (χ2n) is 4.50. The maximum Gasteiger partial charge on any atom is 0.326 e. The van der Waals surface area contributed by atoms with Gasteiger partial charge in [-0.25, -0.2) is 4.79 Å². The molecular weight excluding hydrogens is 278 g/mol.